The Morgan fingerprint density at radius 3 is 2.90 bits per heavy atom. The first-order valence-corrected chi connectivity index (χ1v) is 10.7. The molecule has 6 nitrogen and oxygen atoms in total. The molecule has 1 unspecified atom stereocenters. The van der Waals surface area contributed by atoms with Crippen LogP contribution in [0.2, 0.25) is 0 Å². The zero-order valence-corrected chi connectivity index (χ0v) is 17.5. The summed E-state index contributed by atoms with van der Waals surface area (Å²) in [5.74, 6) is 2.68. The molecule has 6 heteroatoms. The average Bonchev–Trinajstić information content (AvgIpc) is 3.52. The summed E-state index contributed by atoms with van der Waals surface area (Å²) in [6.45, 7) is 12.1. The van der Waals surface area contributed by atoms with E-state index < -0.39 is 0 Å². The van der Waals surface area contributed by atoms with Gasteiger partial charge >= 0.3 is 0 Å². The summed E-state index contributed by atoms with van der Waals surface area (Å²) in [5, 5.41) is 4.77. The number of aromatic nitrogens is 3. The van der Waals surface area contributed by atoms with Gasteiger partial charge in [-0.15, -0.1) is 0 Å². The Kier molecular flexibility index (Phi) is 4.62. The zero-order valence-electron chi connectivity index (χ0n) is 17.5. The third-order valence-corrected chi connectivity index (χ3v) is 6.36. The highest BCUT2D eigenvalue weighted by molar-refractivity contribution is 5.88. The highest BCUT2D eigenvalue weighted by atomic mass is 16.5. The van der Waals surface area contributed by atoms with Crippen molar-refractivity contribution in [1.29, 1.82) is 0 Å². The molecule has 3 heterocycles. The Morgan fingerprint density at radius 1 is 1.27 bits per heavy atom. The second-order valence-electron chi connectivity index (χ2n) is 9.18. The average molecular weight is 402 g/mol. The number of aromatic amines is 1. The van der Waals surface area contributed by atoms with Crippen molar-refractivity contribution >= 4 is 16.9 Å². The molecule has 1 fully saturated rings. The number of nitrogens with zero attached hydrogens (tertiary/aromatic N) is 3. The van der Waals surface area contributed by atoms with E-state index in [4.69, 9.17) is 11.3 Å². The number of benzene rings is 1. The maximum Gasteiger partial charge on any atom is 0.227 e. The van der Waals surface area contributed by atoms with Crippen LogP contribution in [-0.4, -0.2) is 27.1 Å². The molecule has 0 spiro atoms. The molecule has 154 valence electrons. The molecular formula is C24H27N5O. The number of fused-ring (bicyclic) bond motifs is 2. The summed E-state index contributed by atoms with van der Waals surface area (Å²) in [4.78, 5) is 16.3. The van der Waals surface area contributed by atoms with E-state index in [1.54, 1.807) is 6.33 Å². The van der Waals surface area contributed by atoms with Gasteiger partial charge in [0.1, 0.15) is 23.5 Å². The summed E-state index contributed by atoms with van der Waals surface area (Å²) < 4.78 is 6.08. The standard InChI is InChI=1S/C24H27N5O/c1-24(2,25-3)11-10-16-13-30-20-7-5-4-6-17(20)21(16)29-23-18-12-19(15-8-9-15)28-22(18)26-14-27-23/h4-7,12,14-16,21H,8-11,13H2,1-2H3,(H2,26,27,28,29)/t16?,21-/m1/s1. The smallest absolute Gasteiger partial charge is 0.227 e. The molecule has 1 aliphatic carbocycles. The first-order valence-electron chi connectivity index (χ1n) is 10.7. The van der Waals surface area contributed by atoms with Gasteiger partial charge in [0.25, 0.3) is 0 Å². The van der Waals surface area contributed by atoms with Crippen LogP contribution in [0.3, 0.4) is 0 Å². The lowest BCUT2D eigenvalue weighted by molar-refractivity contribution is 0.187. The van der Waals surface area contributed by atoms with Crippen molar-refractivity contribution in [1.82, 2.24) is 15.0 Å². The Bertz CT molecular complexity index is 1110. The molecule has 0 bridgehead atoms. The van der Waals surface area contributed by atoms with Crippen molar-refractivity contribution in [2.24, 2.45) is 5.92 Å². The number of para-hydroxylation sites is 1. The third-order valence-electron chi connectivity index (χ3n) is 6.36. The summed E-state index contributed by atoms with van der Waals surface area (Å²) in [6, 6.07) is 10.5. The first-order chi connectivity index (χ1) is 14.5. The number of H-pyrrole nitrogens is 1. The Balaban J connectivity index is 1.48. The van der Waals surface area contributed by atoms with Gasteiger partial charge in [0.05, 0.1) is 18.0 Å². The van der Waals surface area contributed by atoms with Crippen LogP contribution < -0.4 is 10.1 Å². The Labute approximate surface area is 176 Å². The molecule has 30 heavy (non-hydrogen) atoms. The molecule has 5 rings (SSSR count). The van der Waals surface area contributed by atoms with Gasteiger partial charge in [-0.3, -0.25) is 0 Å². The van der Waals surface area contributed by atoms with Gasteiger partial charge in [0, 0.05) is 37.4 Å². The fraction of sp³-hybridized carbons (Fsp3) is 0.458. The van der Waals surface area contributed by atoms with Crippen molar-refractivity contribution in [3.8, 4) is 5.75 Å². The Hall–Kier alpha value is -3.07. The molecule has 1 aliphatic heterocycles. The quantitative estimate of drug-likeness (QED) is 0.537. The summed E-state index contributed by atoms with van der Waals surface area (Å²) in [6.07, 6.45) is 5.86. The van der Waals surface area contributed by atoms with Gasteiger partial charge in [-0.05, 0) is 37.3 Å². The lowest BCUT2D eigenvalue weighted by Gasteiger charge is -2.35. The number of nitrogens with one attached hydrogen (secondary N) is 2. The largest absolute Gasteiger partial charge is 0.493 e. The monoisotopic (exact) mass is 401 g/mol. The van der Waals surface area contributed by atoms with E-state index in [0.29, 0.717) is 12.5 Å². The normalized spacial score (nSPS) is 21.0. The third kappa shape index (κ3) is 3.60. The zero-order chi connectivity index (χ0) is 20.7. The van der Waals surface area contributed by atoms with Gasteiger partial charge in [-0.1, -0.05) is 18.2 Å². The summed E-state index contributed by atoms with van der Waals surface area (Å²) in [5.41, 5.74) is 2.94. The number of hydrogen-bond donors (Lipinski definition) is 2. The van der Waals surface area contributed by atoms with E-state index in [1.807, 2.05) is 26.0 Å². The maximum atomic E-state index is 7.46. The molecule has 3 aromatic rings. The minimum absolute atomic E-state index is 0.0776. The van der Waals surface area contributed by atoms with Crippen LogP contribution in [-0.2, 0) is 0 Å². The van der Waals surface area contributed by atoms with Crippen LogP contribution >= 0.6 is 0 Å². The van der Waals surface area contributed by atoms with Crippen LogP contribution in [0.25, 0.3) is 15.9 Å². The van der Waals surface area contributed by atoms with Crippen molar-refractivity contribution in [2.75, 3.05) is 11.9 Å². The van der Waals surface area contributed by atoms with E-state index >= 15 is 0 Å². The van der Waals surface area contributed by atoms with Crippen LogP contribution in [0.5, 0.6) is 5.75 Å². The SMILES string of the molecule is [C-]#[N+]C(C)(C)CCC1COc2ccccc2[C@@H]1Nc1ncnc2[nH]c(C3CC3)cc12. The topological polar surface area (TPSA) is 67.2 Å². The van der Waals surface area contributed by atoms with Crippen molar-refractivity contribution < 1.29 is 4.74 Å². The number of hydrogen-bond acceptors (Lipinski definition) is 4. The van der Waals surface area contributed by atoms with E-state index in [0.717, 1.165) is 41.0 Å². The van der Waals surface area contributed by atoms with Gasteiger partial charge in [-0.2, -0.15) is 0 Å². The van der Waals surface area contributed by atoms with E-state index in [-0.39, 0.29) is 17.5 Å². The van der Waals surface area contributed by atoms with Crippen LogP contribution in [0.4, 0.5) is 5.82 Å². The van der Waals surface area contributed by atoms with Crippen molar-refractivity contribution in [2.45, 2.75) is 57.0 Å². The lowest BCUT2D eigenvalue weighted by atomic mass is 9.84. The van der Waals surface area contributed by atoms with E-state index in [1.165, 1.54) is 18.5 Å². The minimum atomic E-state index is -0.358. The molecule has 2 N–H and O–H groups in total. The van der Waals surface area contributed by atoms with E-state index in [2.05, 4.69) is 43.3 Å². The molecule has 2 atom stereocenters. The highest BCUT2D eigenvalue weighted by Gasteiger charge is 2.34. The van der Waals surface area contributed by atoms with Crippen molar-refractivity contribution in [3.63, 3.8) is 0 Å². The predicted molar refractivity (Wildman–Crippen MR) is 118 cm³/mol. The van der Waals surface area contributed by atoms with Crippen LogP contribution in [0.15, 0.2) is 36.7 Å². The minimum Gasteiger partial charge on any atom is -0.493 e. The van der Waals surface area contributed by atoms with Crippen LogP contribution in [0, 0.1) is 12.5 Å². The van der Waals surface area contributed by atoms with Gasteiger partial charge in [0.15, 0.2) is 0 Å². The molecule has 0 amide bonds. The van der Waals surface area contributed by atoms with Crippen LogP contribution in [0.1, 0.15) is 62.7 Å². The number of rotatable bonds is 6. The molecule has 1 saturated carbocycles. The van der Waals surface area contributed by atoms with Gasteiger partial charge in [-0.25, -0.2) is 16.5 Å². The maximum absolute atomic E-state index is 7.46. The molecule has 2 aromatic heterocycles. The molecule has 0 radical (unpaired) electrons. The van der Waals surface area contributed by atoms with Gasteiger partial charge in [0.2, 0.25) is 5.54 Å². The van der Waals surface area contributed by atoms with Gasteiger partial charge < -0.3 is 19.9 Å². The Morgan fingerprint density at radius 2 is 2.10 bits per heavy atom. The second-order valence-corrected chi connectivity index (χ2v) is 9.18. The summed E-state index contributed by atoms with van der Waals surface area (Å²) >= 11 is 0. The number of anilines is 1. The fourth-order valence-corrected chi connectivity index (χ4v) is 4.29. The fourth-order valence-electron chi connectivity index (χ4n) is 4.29. The highest BCUT2D eigenvalue weighted by Crippen LogP contribution is 2.43. The predicted octanol–water partition coefficient (Wildman–Crippen LogP) is 5.48. The van der Waals surface area contributed by atoms with Crippen molar-refractivity contribution in [3.05, 3.63) is 59.3 Å². The first kappa shape index (κ1) is 18.9. The molecular weight excluding hydrogens is 374 g/mol. The summed E-state index contributed by atoms with van der Waals surface area (Å²) in [7, 11) is 0. The van der Waals surface area contributed by atoms with E-state index in [9.17, 15) is 0 Å². The molecule has 1 aromatic carbocycles. The second kappa shape index (κ2) is 7.32. The molecule has 0 saturated heterocycles. The lowest BCUT2D eigenvalue weighted by Crippen LogP contribution is -2.32. The number of ether oxygens (including phenoxy) is 1. The molecule has 2 aliphatic rings.